The molecule has 7 heteroatoms. The fraction of sp³-hybridized carbons (Fsp3) is 0.286. The number of halogens is 1. The Bertz CT molecular complexity index is 720. The number of nitrogens with two attached hydrogens (primary N) is 1. The second-order valence-electron chi connectivity index (χ2n) is 4.94. The van der Waals surface area contributed by atoms with Gasteiger partial charge < -0.3 is 15.1 Å². The van der Waals surface area contributed by atoms with Crippen LogP contribution in [-0.4, -0.2) is 30.6 Å². The number of primary amides is 1. The molecule has 0 bridgehead atoms. The first-order valence-corrected chi connectivity index (χ1v) is 8.36. The van der Waals surface area contributed by atoms with Gasteiger partial charge in [0, 0.05) is 18.0 Å². The maximum absolute atomic E-state index is 11.8. The van der Waals surface area contributed by atoms with Gasteiger partial charge in [0.2, 0.25) is 0 Å². The highest BCUT2D eigenvalue weighted by molar-refractivity contribution is 14.1. The topological polar surface area (TPSA) is 71.8 Å². The molecular weight excluding hydrogens is 401 g/mol. The van der Waals surface area contributed by atoms with E-state index in [-0.39, 0.29) is 0 Å². The van der Waals surface area contributed by atoms with Crippen molar-refractivity contribution in [3.63, 3.8) is 0 Å². The van der Waals surface area contributed by atoms with E-state index in [1.807, 2.05) is 12.1 Å². The van der Waals surface area contributed by atoms with Crippen molar-refractivity contribution < 1.29 is 9.21 Å². The fourth-order valence-electron chi connectivity index (χ4n) is 2.38. The van der Waals surface area contributed by atoms with Crippen molar-refractivity contribution in [3.8, 4) is 0 Å². The number of fused-ring (bicyclic) bond motifs is 1. The lowest BCUT2D eigenvalue weighted by Gasteiger charge is -2.22. The van der Waals surface area contributed by atoms with Crippen LogP contribution in [0.15, 0.2) is 21.5 Å². The lowest BCUT2D eigenvalue weighted by Crippen LogP contribution is -2.26. The number of nitrogens with zero attached hydrogens (tertiary/aromatic N) is 2. The third-order valence-electron chi connectivity index (χ3n) is 3.38. The average Bonchev–Trinajstić information content (AvgIpc) is 2.98. The molecule has 0 aliphatic carbocycles. The number of carbonyl (C=O) groups is 1. The first-order valence-electron chi connectivity index (χ1n) is 6.47. The highest BCUT2D eigenvalue weighted by Gasteiger charge is 2.25. The molecule has 0 spiro atoms. The molecule has 1 aliphatic heterocycles. The molecule has 5 nitrogen and oxygen atoms in total. The van der Waals surface area contributed by atoms with Crippen LogP contribution in [0, 0.1) is 3.77 Å². The summed E-state index contributed by atoms with van der Waals surface area (Å²) in [7, 11) is 2.07. The van der Waals surface area contributed by atoms with Gasteiger partial charge in [0.05, 0.1) is 11.8 Å². The molecule has 0 saturated heterocycles. The fourth-order valence-corrected chi connectivity index (χ4v) is 4.09. The molecule has 3 heterocycles. The summed E-state index contributed by atoms with van der Waals surface area (Å²) in [6, 6.07) is 3.71. The van der Waals surface area contributed by atoms with Gasteiger partial charge >= 0.3 is 0 Å². The number of carbonyl (C=O) groups excluding carboxylic acids is 1. The minimum atomic E-state index is -0.404. The molecule has 0 radical (unpaired) electrons. The van der Waals surface area contributed by atoms with Gasteiger partial charge in [-0.3, -0.25) is 4.79 Å². The van der Waals surface area contributed by atoms with Crippen molar-refractivity contribution in [3.05, 3.63) is 37.7 Å². The number of furan rings is 1. The molecule has 0 saturated carbocycles. The zero-order valence-electron chi connectivity index (χ0n) is 11.4. The summed E-state index contributed by atoms with van der Waals surface area (Å²) in [6.45, 7) is 1.78. The van der Waals surface area contributed by atoms with E-state index in [1.54, 1.807) is 6.21 Å². The third-order valence-corrected chi connectivity index (χ3v) is 5.08. The van der Waals surface area contributed by atoms with E-state index in [4.69, 9.17) is 10.2 Å². The van der Waals surface area contributed by atoms with Gasteiger partial charge in [0.1, 0.15) is 10.8 Å². The van der Waals surface area contributed by atoms with Crippen molar-refractivity contribution >= 4 is 51.1 Å². The summed E-state index contributed by atoms with van der Waals surface area (Å²) in [5, 5.41) is 0.675. The van der Waals surface area contributed by atoms with Gasteiger partial charge in [-0.15, -0.1) is 11.3 Å². The maximum atomic E-state index is 11.8. The predicted molar refractivity (Wildman–Crippen MR) is 91.6 cm³/mol. The molecule has 2 aromatic heterocycles. The maximum Gasteiger partial charge on any atom is 0.252 e. The molecular formula is C14H14IN3O2S. The minimum absolute atomic E-state index is 0.404. The smallest absolute Gasteiger partial charge is 0.252 e. The summed E-state index contributed by atoms with van der Waals surface area (Å²) >= 11 is 3.63. The van der Waals surface area contributed by atoms with E-state index in [9.17, 15) is 4.79 Å². The quantitative estimate of drug-likeness (QED) is 0.619. The Morgan fingerprint density at radius 3 is 3.05 bits per heavy atom. The Balaban J connectivity index is 1.98. The van der Waals surface area contributed by atoms with Gasteiger partial charge in [-0.2, -0.15) is 0 Å². The first-order chi connectivity index (χ1) is 10.0. The van der Waals surface area contributed by atoms with Crippen LogP contribution in [0.3, 0.4) is 0 Å². The number of rotatable bonds is 3. The van der Waals surface area contributed by atoms with Crippen molar-refractivity contribution in [1.29, 1.82) is 0 Å². The highest BCUT2D eigenvalue weighted by Crippen LogP contribution is 2.38. The molecule has 1 amide bonds. The minimum Gasteiger partial charge on any atom is -0.449 e. The zero-order chi connectivity index (χ0) is 15.0. The largest absolute Gasteiger partial charge is 0.449 e. The lowest BCUT2D eigenvalue weighted by molar-refractivity contribution is 0.1000. The summed E-state index contributed by atoms with van der Waals surface area (Å²) in [4.78, 5) is 19.6. The van der Waals surface area contributed by atoms with Gasteiger partial charge in [-0.05, 0) is 53.8 Å². The number of amides is 1. The summed E-state index contributed by atoms with van der Waals surface area (Å²) in [5.74, 6) is 0.261. The summed E-state index contributed by atoms with van der Waals surface area (Å²) < 4.78 is 6.24. The van der Waals surface area contributed by atoms with Crippen molar-refractivity contribution in [1.82, 2.24) is 4.90 Å². The Morgan fingerprint density at radius 2 is 2.38 bits per heavy atom. The number of hydrogen-bond acceptors (Lipinski definition) is 5. The standard InChI is InChI=1S/C14H14IN3O2S/c1-18-5-4-9-10(7-18)21-14(12(9)13(16)19)17-6-8-2-3-11(15)20-8/h2-3,6H,4-5,7H2,1H3,(H2,16,19). The van der Waals surface area contributed by atoms with Crippen LogP contribution in [0.25, 0.3) is 0 Å². The molecule has 1 aliphatic rings. The molecule has 0 aromatic carbocycles. The van der Waals surface area contributed by atoms with Crippen LogP contribution in [0.5, 0.6) is 0 Å². The van der Waals surface area contributed by atoms with Crippen LogP contribution in [0.4, 0.5) is 5.00 Å². The van der Waals surface area contributed by atoms with Gasteiger partial charge in [-0.25, -0.2) is 4.99 Å². The van der Waals surface area contributed by atoms with Crippen LogP contribution in [0.1, 0.15) is 26.6 Å². The molecule has 0 fully saturated rings. The molecule has 0 atom stereocenters. The van der Waals surface area contributed by atoms with Gasteiger partial charge in [0.15, 0.2) is 3.77 Å². The Hall–Kier alpha value is -1.19. The average molecular weight is 415 g/mol. The molecule has 2 N–H and O–H groups in total. The highest BCUT2D eigenvalue weighted by atomic mass is 127. The monoisotopic (exact) mass is 415 g/mol. The van der Waals surface area contributed by atoms with E-state index in [2.05, 4.69) is 39.5 Å². The summed E-state index contributed by atoms with van der Waals surface area (Å²) in [6.07, 6.45) is 2.48. The molecule has 0 unspecified atom stereocenters. The van der Waals surface area contributed by atoms with E-state index < -0.39 is 5.91 Å². The lowest BCUT2D eigenvalue weighted by atomic mass is 10.0. The van der Waals surface area contributed by atoms with E-state index in [1.165, 1.54) is 16.2 Å². The van der Waals surface area contributed by atoms with Crippen molar-refractivity contribution in [2.24, 2.45) is 10.7 Å². The van der Waals surface area contributed by atoms with Gasteiger partial charge in [0.25, 0.3) is 5.91 Å². The van der Waals surface area contributed by atoms with Crippen LogP contribution >= 0.6 is 33.9 Å². The van der Waals surface area contributed by atoms with E-state index >= 15 is 0 Å². The van der Waals surface area contributed by atoms with Crippen molar-refractivity contribution in [2.45, 2.75) is 13.0 Å². The normalized spacial score (nSPS) is 15.5. The second-order valence-corrected chi connectivity index (χ2v) is 7.08. The third kappa shape index (κ3) is 3.04. The Labute approximate surface area is 140 Å². The molecule has 21 heavy (non-hydrogen) atoms. The number of thiophene rings is 1. The van der Waals surface area contributed by atoms with Crippen LogP contribution in [0.2, 0.25) is 0 Å². The number of likely N-dealkylation sites (N-methyl/N-ethyl adjacent to an activating group) is 1. The predicted octanol–water partition coefficient (Wildman–Crippen LogP) is 2.78. The first kappa shape index (κ1) is 14.7. The van der Waals surface area contributed by atoms with Gasteiger partial charge in [-0.1, -0.05) is 0 Å². The molecule has 2 aromatic rings. The van der Waals surface area contributed by atoms with Crippen LogP contribution in [-0.2, 0) is 13.0 Å². The summed E-state index contributed by atoms with van der Waals surface area (Å²) in [5.41, 5.74) is 7.18. The molecule has 3 rings (SSSR count). The van der Waals surface area contributed by atoms with E-state index in [0.717, 1.165) is 28.8 Å². The SMILES string of the molecule is CN1CCc2c(sc(N=Cc3ccc(I)o3)c2C(N)=O)C1. The Morgan fingerprint density at radius 1 is 1.57 bits per heavy atom. The Kier molecular flexibility index (Phi) is 4.14. The molecule has 110 valence electrons. The zero-order valence-corrected chi connectivity index (χ0v) is 14.4. The number of hydrogen-bond donors (Lipinski definition) is 1. The number of aliphatic imine (C=N–C) groups is 1. The second kappa shape index (κ2) is 5.90. The van der Waals surface area contributed by atoms with Crippen molar-refractivity contribution in [2.75, 3.05) is 13.6 Å². The van der Waals surface area contributed by atoms with Crippen LogP contribution < -0.4 is 5.73 Å². The van der Waals surface area contributed by atoms with E-state index in [0.29, 0.717) is 16.3 Å².